The van der Waals surface area contributed by atoms with Crippen LogP contribution in [0.15, 0.2) is 24.5 Å². The molecule has 22 heavy (non-hydrogen) atoms. The molecule has 118 valence electrons. The molecule has 0 aromatic carbocycles. The highest BCUT2D eigenvalue weighted by Gasteiger charge is 2.33. The van der Waals surface area contributed by atoms with E-state index in [1.54, 1.807) is 24.2 Å². The normalized spacial score (nSPS) is 22.1. The van der Waals surface area contributed by atoms with E-state index in [0.29, 0.717) is 13.2 Å². The van der Waals surface area contributed by atoms with Gasteiger partial charge in [-0.2, -0.15) is 0 Å². The lowest BCUT2D eigenvalue weighted by atomic mass is 10.2. The molecule has 0 amide bonds. The highest BCUT2D eigenvalue weighted by atomic mass is 16.5. The molecule has 2 aromatic rings. The maximum absolute atomic E-state index is 5.84. The maximum Gasteiger partial charge on any atom is 0.165 e. The summed E-state index contributed by atoms with van der Waals surface area (Å²) in [6.45, 7) is 2.13. The first-order valence-corrected chi connectivity index (χ1v) is 7.27. The average Bonchev–Trinajstić information content (AvgIpc) is 3.13. The molecule has 1 fully saturated rings. The zero-order valence-corrected chi connectivity index (χ0v) is 12.8. The number of aryl methyl sites for hydroxylation is 1. The summed E-state index contributed by atoms with van der Waals surface area (Å²) < 4.78 is 13.0. The minimum Gasteiger partial charge on any atom is -0.490 e. The molecule has 8 heteroatoms. The number of pyridine rings is 1. The molecule has 0 spiro atoms. The molecule has 1 aliphatic rings. The van der Waals surface area contributed by atoms with Gasteiger partial charge in [-0.05, 0) is 29.0 Å². The van der Waals surface area contributed by atoms with Gasteiger partial charge in [0, 0.05) is 32.9 Å². The third-order valence-corrected chi connectivity index (χ3v) is 3.95. The number of ether oxygens (including phenoxy) is 2. The summed E-state index contributed by atoms with van der Waals surface area (Å²) in [5.74, 6) is 1.62. The van der Waals surface area contributed by atoms with Crippen LogP contribution in [0.25, 0.3) is 0 Å². The summed E-state index contributed by atoms with van der Waals surface area (Å²) in [6, 6.07) is 4.04. The lowest BCUT2D eigenvalue weighted by Gasteiger charge is -2.23. The Balaban J connectivity index is 1.63. The molecule has 3 heterocycles. The van der Waals surface area contributed by atoms with Crippen molar-refractivity contribution in [2.75, 3.05) is 20.3 Å². The molecule has 0 bridgehead atoms. The van der Waals surface area contributed by atoms with E-state index in [4.69, 9.17) is 9.47 Å². The first kappa shape index (κ1) is 14.9. The molecule has 3 rings (SSSR count). The number of tetrazole rings is 1. The van der Waals surface area contributed by atoms with Crippen LogP contribution in [0.2, 0.25) is 0 Å². The molecule has 2 aromatic heterocycles. The molecule has 0 N–H and O–H groups in total. The Morgan fingerprint density at radius 1 is 1.41 bits per heavy atom. The van der Waals surface area contributed by atoms with Gasteiger partial charge in [-0.15, -0.1) is 5.10 Å². The van der Waals surface area contributed by atoms with Crippen LogP contribution in [0.5, 0.6) is 5.75 Å². The summed E-state index contributed by atoms with van der Waals surface area (Å²) in [4.78, 5) is 6.36. The standard InChI is InChI=1S/C14H20N6O2/c1-19-14(16-17-18-19)9-20-8-13(21-2)6-11(20)10-22-12-4-3-5-15-7-12/h3-5,7,11,13H,6,8-10H2,1-2H3/t11-,13+/m0/s1. The van der Waals surface area contributed by atoms with E-state index in [0.717, 1.165) is 24.5 Å². The van der Waals surface area contributed by atoms with E-state index < -0.39 is 0 Å². The minimum absolute atomic E-state index is 0.212. The van der Waals surface area contributed by atoms with E-state index in [1.807, 2.05) is 19.2 Å². The largest absolute Gasteiger partial charge is 0.490 e. The van der Waals surface area contributed by atoms with Crippen LogP contribution >= 0.6 is 0 Å². The molecule has 0 saturated carbocycles. The molecule has 1 saturated heterocycles. The lowest BCUT2D eigenvalue weighted by molar-refractivity contribution is 0.106. The van der Waals surface area contributed by atoms with Gasteiger partial charge in [0.1, 0.15) is 12.4 Å². The van der Waals surface area contributed by atoms with Gasteiger partial charge in [0.2, 0.25) is 0 Å². The monoisotopic (exact) mass is 304 g/mol. The van der Waals surface area contributed by atoms with Gasteiger partial charge in [0.05, 0.1) is 18.8 Å². The SMILES string of the molecule is CO[C@@H]1C[C@@H](COc2cccnc2)N(Cc2nnnn2C)C1. The summed E-state index contributed by atoms with van der Waals surface area (Å²) in [5.41, 5.74) is 0. The number of likely N-dealkylation sites (tertiary alicyclic amines) is 1. The number of hydrogen-bond donors (Lipinski definition) is 0. The van der Waals surface area contributed by atoms with Crippen molar-refractivity contribution in [3.63, 3.8) is 0 Å². The number of aromatic nitrogens is 5. The predicted molar refractivity (Wildman–Crippen MR) is 78.1 cm³/mol. The van der Waals surface area contributed by atoms with E-state index >= 15 is 0 Å². The highest BCUT2D eigenvalue weighted by molar-refractivity contribution is 5.15. The number of methoxy groups -OCH3 is 1. The van der Waals surface area contributed by atoms with Gasteiger partial charge < -0.3 is 9.47 Å². The van der Waals surface area contributed by atoms with Crippen LogP contribution in [0, 0.1) is 0 Å². The molecule has 2 atom stereocenters. The maximum atomic E-state index is 5.84. The smallest absolute Gasteiger partial charge is 0.165 e. The van der Waals surface area contributed by atoms with Gasteiger partial charge in [0.15, 0.2) is 5.82 Å². The molecule has 1 aliphatic heterocycles. The number of rotatable bonds is 6. The molecule has 0 aliphatic carbocycles. The van der Waals surface area contributed by atoms with Gasteiger partial charge in [0.25, 0.3) is 0 Å². The molecule has 8 nitrogen and oxygen atoms in total. The van der Waals surface area contributed by atoms with Crippen LogP contribution in [-0.4, -0.2) is 62.5 Å². The fraction of sp³-hybridized carbons (Fsp3) is 0.571. The zero-order chi connectivity index (χ0) is 15.4. The third-order valence-electron chi connectivity index (χ3n) is 3.95. The minimum atomic E-state index is 0.212. The Morgan fingerprint density at radius 3 is 3.00 bits per heavy atom. The van der Waals surface area contributed by atoms with E-state index in [1.165, 1.54) is 0 Å². The van der Waals surface area contributed by atoms with Crippen molar-refractivity contribution in [2.24, 2.45) is 7.05 Å². The van der Waals surface area contributed by atoms with Gasteiger partial charge in [-0.25, -0.2) is 4.68 Å². The van der Waals surface area contributed by atoms with Crippen LogP contribution in [0.4, 0.5) is 0 Å². The fourth-order valence-corrected chi connectivity index (χ4v) is 2.66. The third kappa shape index (κ3) is 3.40. The summed E-state index contributed by atoms with van der Waals surface area (Å²) in [5, 5.41) is 11.6. The highest BCUT2D eigenvalue weighted by Crippen LogP contribution is 2.22. The van der Waals surface area contributed by atoms with Crippen molar-refractivity contribution in [1.29, 1.82) is 0 Å². The van der Waals surface area contributed by atoms with Crippen LogP contribution in [-0.2, 0) is 18.3 Å². The quantitative estimate of drug-likeness (QED) is 0.758. The van der Waals surface area contributed by atoms with Crippen molar-refractivity contribution in [1.82, 2.24) is 30.1 Å². The van der Waals surface area contributed by atoms with Crippen molar-refractivity contribution < 1.29 is 9.47 Å². The molecular formula is C14H20N6O2. The van der Waals surface area contributed by atoms with Crippen LogP contribution in [0.3, 0.4) is 0 Å². The first-order chi connectivity index (χ1) is 10.8. The Bertz CT molecular complexity index is 590. The lowest BCUT2D eigenvalue weighted by Crippen LogP contribution is -2.34. The van der Waals surface area contributed by atoms with Crippen molar-refractivity contribution >= 4 is 0 Å². The van der Waals surface area contributed by atoms with Crippen molar-refractivity contribution in [3.05, 3.63) is 30.4 Å². The summed E-state index contributed by atoms with van der Waals surface area (Å²) >= 11 is 0. The van der Waals surface area contributed by atoms with Gasteiger partial charge in [-0.3, -0.25) is 9.88 Å². The summed E-state index contributed by atoms with van der Waals surface area (Å²) in [7, 11) is 3.59. The average molecular weight is 304 g/mol. The Hall–Kier alpha value is -2.06. The number of nitrogens with zero attached hydrogens (tertiary/aromatic N) is 6. The summed E-state index contributed by atoms with van der Waals surface area (Å²) in [6.07, 6.45) is 4.60. The Morgan fingerprint density at radius 2 is 2.32 bits per heavy atom. The first-order valence-electron chi connectivity index (χ1n) is 7.27. The fourth-order valence-electron chi connectivity index (χ4n) is 2.66. The second kappa shape index (κ2) is 6.80. The van der Waals surface area contributed by atoms with Gasteiger partial charge in [-0.1, -0.05) is 0 Å². The van der Waals surface area contributed by atoms with E-state index in [-0.39, 0.29) is 12.1 Å². The predicted octanol–water partition coefficient (Wildman–Crippen LogP) is 0.273. The van der Waals surface area contributed by atoms with Gasteiger partial charge >= 0.3 is 0 Å². The molecule has 0 unspecified atom stereocenters. The van der Waals surface area contributed by atoms with Crippen molar-refractivity contribution in [3.8, 4) is 5.75 Å². The second-order valence-electron chi connectivity index (χ2n) is 5.40. The van der Waals surface area contributed by atoms with Crippen LogP contribution < -0.4 is 4.74 Å². The van der Waals surface area contributed by atoms with E-state index in [2.05, 4.69) is 25.4 Å². The van der Waals surface area contributed by atoms with E-state index in [9.17, 15) is 0 Å². The van der Waals surface area contributed by atoms with Crippen molar-refractivity contribution in [2.45, 2.75) is 25.1 Å². The Kier molecular flexibility index (Phi) is 4.59. The molecular weight excluding hydrogens is 284 g/mol. The molecule has 0 radical (unpaired) electrons. The second-order valence-corrected chi connectivity index (χ2v) is 5.40. The Labute approximate surface area is 129 Å². The topological polar surface area (TPSA) is 78.2 Å². The van der Waals surface area contributed by atoms with Crippen LogP contribution in [0.1, 0.15) is 12.2 Å². The number of hydrogen-bond acceptors (Lipinski definition) is 7. The zero-order valence-electron chi connectivity index (χ0n) is 12.8.